The van der Waals surface area contributed by atoms with Crippen molar-refractivity contribution in [3.63, 3.8) is 0 Å². The maximum absolute atomic E-state index is 13.4. The van der Waals surface area contributed by atoms with Crippen molar-refractivity contribution in [3.8, 4) is 5.75 Å². The molecule has 168 valence electrons. The molecular weight excluding hydrogens is 414 g/mol. The number of hydrogen-bond donors (Lipinski definition) is 1. The lowest BCUT2D eigenvalue weighted by Crippen LogP contribution is -2.29. The smallest absolute Gasteiger partial charge is 0.300 e. The number of aliphatic hydroxyl groups is 1. The number of aryl methyl sites for hydroxylation is 4. The Labute approximate surface area is 193 Å². The number of methoxy groups -OCH3 is 1. The number of carbonyl (C=O) groups is 2. The molecule has 4 rings (SSSR count). The lowest BCUT2D eigenvalue weighted by molar-refractivity contribution is -0.132. The van der Waals surface area contributed by atoms with E-state index < -0.39 is 17.7 Å². The third-order valence-corrected chi connectivity index (χ3v) is 6.01. The summed E-state index contributed by atoms with van der Waals surface area (Å²) in [4.78, 5) is 28.3. The Morgan fingerprint density at radius 3 is 2.21 bits per heavy atom. The third-order valence-electron chi connectivity index (χ3n) is 6.01. The molecule has 1 aliphatic rings. The molecule has 5 heteroatoms. The predicted octanol–water partition coefficient (Wildman–Crippen LogP) is 5.56. The first-order valence-corrected chi connectivity index (χ1v) is 10.8. The summed E-state index contributed by atoms with van der Waals surface area (Å²) in [5.74, 6) is -1.05. The molecule has 0 aromatic heterocycles. The van der Waals surface area contributed by atoms with Crippen LogP contribution in [0.3, 0.4) is 0 Å². The van der Waals surface area contributed by atoms with E-state index in [2.05, 4.69) is 0 Å². The molecule has 3 aromatic rings. The second kappa shape index (κ2) is 8.58. The van der Waals surface area contributed by atoms with E-state index in [1.54, 1.807) is 13.2 Å². The van der Waals surface area contributed by atoms with Gasteiger partial charge < -0.3 is 9.84 Å². The highest BCUT2D eigenvalue weighted by atomic mass is 16.5. The van der Waals surface area contributed by atoms with Crippen LogP contribution >= 0.6 is 0 Å². The topological polar surface area (TPSA) is 66.8 Å². The molecule has 33 heavy (non-hydrogen) atoms. The summed E-state index contributed by atoms with van der Waals surface area (Å²) in [6.07, 6.45) is 0. The van der Waals surface area contributed by atoms with Crippen LogP contribution in [-0.2, 0) is 9.59 Å². The van der Waals surface area contributed by atoms with E-state index in [4.69, 9.17) is 4.74 Å². The fourth-order valence-electron chi connectivity index (χ4n) is 4.51. The van der Waals surface area contributed by atoms with Gasteiger partial charge in [-0.05, 0) is 68.7 Å². The number of amides is 1. The molecule has 1 aliphatic heterocycles. The summed E-state index contributed by atoms with van der Waals surface area (Å²) >= 11 is 0. The number of benzene rings is 3. The molecule has 0 aliphatic carbocycles. The lowest BCUT2D eigenvalue weighted by Gasteiger charge is -2.27. The van der Waals surface area contributed by atoms with E-state index in [0.29, 0.717) is 22.6 Å². The number of rotatable bonds is 4. The Hall–Kier alpha value is -3.86. The maximum atomic E-state index is 13.4. The van der Waals surface area contributed by atoms with Crippen LogP contribution in [0.15, 0.2) is 66.2 Å². The lowest BCUT2D eigenvalue weighted by atomic mass is 9.92. The number of para-hydroxylation sites is 1. The monoisotopic (exact) mass is 441 g/mol. The normalized spacial score (nSPS) is 17.5. The van der Waals surface area contributed by atoms with Gasteiger partial charge in [-0.15, -0.1) is 0 Å². The molecule has 1 N–H and O–H groups in total. The van der Waals surface area contributed by atoms with Crippen molar-refractivity contribution >= 4 is 23.1 Å². The molecule has 1 saturated heterocycles. The Morgan fingerprint density at radius 2 is 1.55 bits per heavy atom. The molecule has 0 saturated carbocycles. The molecule has 1 amide bonds. The van der Waals surface area contributed by atoms with E-state index in [0.717, 1.165) is 22.3 Å². The summed E-state index contributed by atoms with van der Waals surface area (Å²) in [6.45, 7) is 7.68. The summed E-state index contributed by atoms with van der Waals surface area (Å²) in [7, 11) is 1.55. The minimum Gasteiger partial charge on any atom is -0.507 e. The van der Waals surface area contributed by atoms with Crippen LogP contribution < -0.4 is 9.64 Å². The van der Waals surface area contributed by atoms with E-state index >= 15 is 0 Å². The Bertz CT molecular complexity index is 1280. The molecule has 0 spiro atoms. The molecular formula is C28H27NO4. The molecule has 0 bridgehead atoms. The van der Waals surface area contributed by atoms with Gasteiger partial charge in [0, 0.05) is 16.8 Å². The second-order valence-electron chi connectivity index (χ2n) is 8.58. The minimum atomic E-state index is -0.831. The average molecular weight is 442 g/mol. The minimum absolute atomic E-state index is 0.0531. The van der Waals surface area contributed by atoms with Crippen molar-refractivity contribution < 1.29 is 19.4 Å². The molecule has 1 heterocycles. The summed E-state index contributed by atoms with van der Waals surface area (Å²) in [6, 6.07) is 17.9. The van der Waals surface area contributed by atoms with E-state index in [1.807, 2.05) is 82.3 Å². The van der Waals surface area contributed by atoms with Crippen LogP contribution in [-0.4, -0.2) is 23.9 Å². The number of aliphatic hydroxyl groups excluding tert-OH is 1. The van der Waals surface area contributed by atoms with Crippen LogP contribution in [0.5, 0.6) is 5.75 Å². The fraction of sp³-hybridized carbons (Fsp3) is 0.214. The zero-order valence-corrected chi connectivity index (χ0v) is 19.5. The van der Waals surface area contributed by atoms with Gasteiger partial charge >= 0.3 is 0 Å². The van der Waals surface area contributed by atoms with E-state index in [-0.39, 0.29) is 11.3 Å². The van der Waals surface area contributed by atoms with E-state index in [1.165, 1.54) is 4.90 Å². The molecule has 1 atom stereocenters. The molecule has 5 nitrogen and oxygen atoms in total. The first-order chi connectivity index (χ1) is 15.7. The molecule has 1 fully saturated rings. The predicted molar refractivity (Wildman–Crippen MR) is 130 cm³/mol. The standard InChI is InChI=1S/C28H27NO4/c1-16-10-11-19(4)22(15-16)26(30)24-25(21-8-6-7-9-23(21)33-5)29(28(32)27(24)31)20-13-17(2)12-18(3)14-20/h6-15,25,30H,1-5H3/b26-24+. The van der Waals surface area contributed by atoms with Crippen LogP contribution in [0.25, 0.3) is 5.76 Å². The zero-order valence-electron chi connectivity index (χ0n) is 19.5. The van der Waals surface area contributed by atoms with Crippen molar-refractivity contribution in [1.29, 1.82) is 0 Å². The quantitative estimate of drug-likeness (QED) is 0.327. The average Bonchev–Trinajstić information content (AvgIpc) is 3.04. The first kappa shape index (κ1) is 22.3. The Kier molecular flexibility index (Phi) is 5.81. The maximum Gasteiger partial charge on any atom is 0.300 e. The molecule has 3 aromatic carbocycles. The van der Waals surface area contributed by atoms with Gasteiger partial charge in [0.2, 0.25) is 0 Å². The molecule has 1 unspecified atom stereocenters. The zero-order chi connectivity index (χ0) is 23.9. The van der Waals surface area contributed by atoms with Gasteiger partial charge in [-0.25, -0.2) is 0 Å². The van der Waals surface area contributed by atoms with Crippen LogP contribution in [0, 0.1) is 27.7 Å². The van der Waals surface area contributed by atoms with Crippen molar-refractivity contribution in [2.45, 2.75) is 33.7 Å². The number of carbonyl (C=O) groups excluding carboxylic acids is 2. The largest absolute Gasteiger partial charge is 0.507 e. The van der Waals surface area contributed by atoms with Crippen LogP contribution in [0.1, 0.15) is 39.4 Å². The number of anilines is 1. The van der Waals surface area contributed by atoms with Crippen molar-refractivity contribution in [3.05, 3.63) is 99.6 Å². The highest BCUT2D eigenvalue weighted by molar-refractivity contribution is 6.51. The highest BCUT2D eigenvalue weighted by Crippen LogP contribution is 2.45. The SMILES string of the molecule is COc1ccccc1C1/C(=C(\O)c2cc(C)ccc2C)C(=O)C(=O)N1c1cc(C)cc(C)c1. The highest BCUT2D eigenvalue weighted by Gasteiger charge is 2.48. The number of ether oxygens (including phenoxy) is 1. The van der Waals surface area contributed by atoms with Gasteiger partial charge in [0.05, 0.1) is 18.7 Å². The van der Waals surface area contributed by atoms with Gasteiger partial charge in [-0.1, -0.05) is 42.0 Å². The van der Waals surface area contributed by atoms with Crippen LogP contribution in [0.2, 0.25) is 0 Å². The van der Waals surface area contributed by atoms with Gasteiger partial charge in [-0.3, -0.25) is 14.5 Å². The van der Waals surface area contributed by atoms with Gasteiger partial charge in [-0.2, -0.15) is 0 Å². The first-order valence-electron chi connectivity index (χ1n) is 10.8. The number of hydrogen-bond acceptors (Lipinski definition) is 4. The van der Waals surface area contributed by atoms with Gasteiger partial charge in [0.15, 0.2) is 0 Å². The van der Waals surface area contributed by atoms with Crippen LogP contribution in [0.4, 0.5) is 5.69 Å². The molecule has 0 radical (unpaired) electrons. The van der Waals surface area contributed by atoms with Gasteiger partial charge in [0.1, 0.15) is 11.5 Å². The van der Waals surface area contributed by atoms with Crippen molar-refractivity contribution in [2.75, 3.05) is 12.0 Å². The fourth-order valence-corrected chi connectivity index (χ4v) is 4.51. The Balaban J connectivity index is 2.04. The second-order valence-corrected chi connectivity index (χ2v) is 8.58. The third kappa shape index (κ3) is 3.91. The summed E-state index contributed by atoms with van der Waals surface area (Å²) in [5, 5.41) is 11.4. The number of ketones is 1. The summed E-state index contributed by atoms with van der Waals surface area (Å²) in [5.41, 5.74) is 5.52. The number of nitrogens with zero attached hydrogens (tertiary/aromatic N) is 1. The summed E-state index contributed by atoms with van der Waals surface area (Å²) < 4.78 is 5.58. The Morgan fingerprint density at radius 1 is 0.879 bits per heavy atom. The van der Waals surface area contributed by atoms with E-state index in [9.17, 15) is 14.7 Å². The van der Waals surface area contributed by atoms with Gasteiger partial charge in [0.25, 0.3) is 11.7 Å². The van der Waals surface area contributed by atoms with Crippen molar-refractivity contribution in [1.82, 2.24) is 0 Å². The van der Waals surface area contributed by atoms with Crippen molar-refractivity contribution in [2.24, 2.45) is 0 Å². The number of Topliss-reactive ketones (excluding diaryl/α,β-unsaturated/α-hetero) is 1.